The average molecular weight is 486 g/mol. The van der Waals surface area contributed by atoms with Gasteiger partial charge in [0.15, 0.2) is 0 Å². The van der Waals surface area contributed by atoms with Crippen molar-refractivity contribution < 1.29 is 19.0 Å². The molecule has 0 radical (unpaired) electrons. The third kappa shape index (κ3) is 4.44. The molecule has 3 aromatic carbocycles. The molecule has 182 valence electrons. The number of carbonyl (C=O) groups is 1. The molecular formula is C28H24FN3O4. The zero-order valence-electron chi connectivity index (χ0n) is 19.8. The first kappa shape index (κ1) is 24.6. The van der Waals surface area contributed by atoms with Crippen LogP contribution in [0.5, 0.6) is 5.75 Å². The summed E-state index contributed by atoms with van der Waals surface area (Å²) in [5.74, 6) is -1.07. The quantitative estimate of drug-likeness (QED) is 0.386. The van der Waals surface area contributed by atoms with Crippen LogP contribution in [0.2, 0.25) is 0 Å². The third-order valence-corrected chi connectivity index (χ3v) is 6.29. The summed E-state index contributed by atoms with van der Waals surface area (Å²) in [5, 5.41) is 23.9. The van der Waals surface area contributed by atoms with Crippen LogP contribution in [0.25, 0.3) is 21.9 Å². The van der Waals surface area contributed by atoms with Gasteiger partial charge in [0.1, 0.15) is 28.9 Å². The minimum Gasteiger partial charge on any atom is -0.497 e. The minimum absolute atomic E-state index is 0.0156. The predicted molar refractivity (Wildman–Crippen MR) is 134 cm³/mol. The van der Waals surface area contributed by atoms with E-state index in [1.807, 2.05) is 0 Å². The van der Waals surface area contributed by atoms with E-state index in [9.17, 15) is 24.3 Å². The van der Waals surface area contributed by atoms with Gasteiger partial charge in [0.05, 0.1) is 7.11 Å². The van der Waals surface area contributed by atoms with Gasteiger partial charge in [-0.3, -0.25) is 14.7 Å². The van der Waals surface area contributed by atoms with Gasteiger partial charge in [0.2, 0.25) is 0 Å². The van der Waals surface area contributed by atoms with Gasteiger partial charge in [0, 0.05) is 29.4 Å². The van der Waals surface area contributed by atoms with E-state index >= 15 is 0 Å². The molecule has 4 aromatic rings. The number of pyridine rings is 1. The number of nitrogens with zero attached hydrogens (tertiary/aromatic N) is 2. The highest BCUT2D eigenvalue weighted by Crippen LogP contribution is 2.33. The lowest BCUT2D eigenvalue weighted by molar-refractivity contribution is -0.144. The van der Waals surface area contributed by atoms with Crippen LogP contribution in [-0.2, 0) is 16.9 Å². The Kier molecular flexibility index (Phi) is 6.86. The van der Waals surface area contributed by atoms with Crippen molar-refractivity contribution >= 4 is 16.7 Å². The SMILES string of the molecule is COc1ccc2c(=O)n(CCN[C@@](C)(C(=O)O)c3ccccc3)c(C#N)c(-c3cccc(F)c3)c2c1. The van der Waals surface area contributed by atoms with E-state index in [4.69, 9.17) is 4.74 Å². The minimum atomic E-state index is -1.41. The van der Waals surface area contributed by atoms with E-state index in [0.717, 1.165) is 0 Å². The molecular weight excluding hydrogens is 461 g/mol. The maximum Gasteiger partial charge on any atom is 0.328 e. The van der Waals surface area contributed by atoms with Gasteiger partial charge < -0.3 is 9.84 Å². The first-order chi connectivity index (χ1) is 17.3. The van der Waals surface area contributed by atoms with Gasteiger partial charge in [-0.05, 0) is 48.4 Å². The monoisotopic (exact) mass is 485 g/mol. The molecule has 0 spiro atoms. The highest BCUT2D eigenvalue weighted by molar-refractivity contribution is 5.99. The Labute approximate surface area is 207 Å². The highest BCUT2D eigenvalue weighted by atomic mass is 19.1. The van der Waals surface area contributed by atoms with Crippen molar-refractivity contribution in [1.82, 2.24) is 9.88 Å². The molecule has 0 fully saturated rings. The van der Waals surface area contributed by atoms with Crippen molar-refractivity contribution in [3.8, 4) is 22.9 Å². The second-order valence-corrected chi connectivity index (χ2v) is 8.44. The number of fused-ring (bicyclic) bond motifs is 1. The number of hydrogen-bond acceptors (Lipinski definition) is 5. The number of methoxy groups -OCH3 is 1. The normalized spacial score (nSPS) is 12.6. The Morgan fingerprint density at radius 1 is 1.11 bits per heavy atom. The first-order valence-electron chi connectivity index (χ1n) is 11.2. The van der Waals surface area contributed by atoms with Crippen molar-refractivity contribution in [2.45, 2.75) is 19.0 Å². The van der Waals surface area contributed by atoms with Crippen LogP contribution >= 0.6 is 0 Å². The molecule has 0 saturated heterocycles. The Morgan fingerprint density at radius 3 is 2.50 bits per heavy atom. The van der Waals surface area contributed by atoms with E-state index < -0.39 is 22.9 Å². The molecule has 0 unspecified atom stereocenters. The number of carboxylic acid groups (broad SMARTS) is 1. The molecule has 36 heavy (non-hydrogen) atoms. The van der Waals surface area contributed by atoms with Crippen molar-refractivity contribution in [1.29, 1.82) is 5.26 Å². The molecule has 0 aliphatic heterocycles. The van der Waals surface area contributed by atoms with Crippen LogP contribution in [0.15, 0.2) is 77.6 Å². The number of aliphatic carboxylic acids is 1. The molecule has 0 saturated carbocycles. The zero-order chi connectivity index (χ0) is 25.9. The lowest BCUT2D eigenvalue weighted by atomic mass is 9.92. The number of aromatic nitrogens is 1. The summed E-state index contributed by atoms with van der Waals surface area (Å²) in [6.45, 7) is 1.64. The Bertz CT molecular complexity index is 1540. The fourth-order valence-corrected chi connectivity index (χ4v) is 4.31. The van der Waals surface area contributed by atoms with Crippen molar-refractivity contribution in [3.63, 3.8) is 0 Å². The summed E-state index contributed by atoms with van der Waals surface area (Å²) < 4.78 is 20.8. The van der Waals surface area contributed by atoms with Crippen LogP contribution in [0.1, 0.15) is 18.2 Å². The van der Waals surface area contributed by atoms with Gasteiger partial charge in [-0.2, -0.15) is 5.26 Å². The van der Waals surface area contributed by atoms with Crippen molar-refractivity contribution in [3.05, 3.63) is 100 Å². The molecule has 0 amide bonds. The Hall–Kier alpha value is -4.48. The van der Waals surface area contributed by atoms with Crippen LogP contribution in [0.3, 0.4) is 0 Å². The number of rotatable bonds is 8. The molecule has 0 aliphatic rings. The summed E-state index contributed by atoms with van der Waals surface area (Å²) in [5.41, 5.74) is -0.391. The number of nitrogens with one attached hydrogen (secondary N) is 1. The molecule has 1 heterocycles. The molecule has 2 N–H and O–H groups in total. The summed E-state index contributed by atoms with van der Waals surface area (Å²) >= 11 is 0. The molecule has 0 aliphatic carbocycles. The largest absolute Gasteiger partial charge is 0.497 e. The van der Waals surface area contributed by atoms with Gasteiger partial charge >= 0.3 is 5.97 Å². The lowest BCUT2D eigenvalue weighted by Gasteiger charge is -2.27. The van der Waals surface area contributed by atoms with E-state index in [-0.39, 0.29) is 18.8 Å². The van der Waals surface area contributed by atoms with Crippen molar-refractivity contribution in [2.75, 3.05) is 13.7 Å². The van der Waals surface area contributed by atoms with Gasteiger partial charge in [0.25, 0.3) is 5.56 Å². The summed E-state index contributed by atoms with van der Waals surface area (Å²) in [6, 6.07) is 21.5. The second kappa shape index (κ2) is 10.0. The maximum absolute atomic E-state index is 14.1. The van der Waals surface area contributed by atoms with Gasteiger partial charge in [-0.1, -0.05) is 42.5 Å². The highest BCUT2D eigenvalue weighted by Gasteiger charge is 2.34. The van der Waals surface area contributed by atoms with E-state index in [1.54, 1.807) is 61.5 Å². The van der Waals surface area contributed by atoms with Gasteiger partial charge in [-0.25, -0.2) is 9.18 Å². The van der Waals surface area contributed by atoms with Crippen LogP contribution in [0.4, 0.5) is 4.39 Å². The number of benzene rings is 3. The Balaban J connectivity index is 1.83. The second-order valence-electron chi connectivity index (χ2n) is 8.44. The Morgan fingerprint density at radius 2 is 1.86 bits per heavy atom. The molecule has 4 rings (SSSR count). The molecule has 1 aromatic heterocycles. The molecule has 7 nitrogen and oxygen atoms in total. The number of nitriles is 1. The van der Waals surface area contributed by atoms with Crippen LogP contribution < -0.4 is 15.6 Å². The fourth-order valence-electron chi connectivity index (χ4n) is 4.31. The molecule has 8 heteroatoms. The standard InChI is InChI=1S/C28H24FN3O4/c1-28(27(34)35,19-8-4-3-5-9-19)31-13-14-32-24(17-30)25(18-7-6-10-20(29)15-18)23-16-21(36-2)11-12-22(23)26(32)33/h3-12,15-16,31H,13-14H2,1-2H3,(H,34,35)/t28-/m1/s1. The maximum atomic E-state index is 14.1. The average Bonchev–Trinajstić information content (AvgIpc) is 2.89. The van der Waals surface area contributed by atoms with Crippen LogP contribution in [-0.4, -0.2) is 29.3 Å². The lowest BCUT2D eigenvalue weighted by Crippen LogP contribution is -2.48. The van der Waals surface area contributed by atoms with Crippen molar-refractivity contribution in [2.24, 2.45) is 0 Å². The molecule has 0 bridgehead atoms. The molecule has 1 atom stereocenters. The first-order valence-corrected chi connectivity index (χ1v) is 11.2. The summed E-state index contributed by atoms with van der Waals surface area (Å²) in [6.07, 6.45) is 0. The number of carboxylic acids is 1. The number of ether oxygens (including phenoxy) is 1. The van der Waals surface area contributed by atoms with E-state index in [2.05, 4.69) is 11.4 Å². The number of hydrogen-bond donors (Lipinski definition) is 2. The fraction of sp³-hybridized carbons (Fsp3) is 0.179. The van der Waals surface area contributed by atoms with E-state index in [1.165, 1.54) is 29.9 Å². The number of halogens is 1. The topological polar surface area (TPSA) is 104 Å². The summed E-state index contributed by atoms with van der Waals surface area (Å²) in [7, 11) is 1.49. The zero-order valence-corrected chi connectivity index (χ0v) is 19.8. The smallest absolute Gasteiger partial charge is 0.328 e. The van der Waals surface area contributed by atoms with Crippen LogP contribution in [0, 0.1) is 17.1 Å². The predicted octanol–water partition coefficient (Wildman–Crippen LogP) is 4.28. The van der Waals surface area contributed by atoms with Gasteiger partial charge in [-0.15, -0.1) is 0 Å². The third-order valence-electron chi connectivity index (χ3n) is 6.29. The van der Waals surface area contributed by atoms with E-state index in [0.29, 0.717) is 33.2 Å². The summed E-state index contributed by atoms with van der Waals surface area (Å²) in [4.78, 5) is 25.6.